The number of amidine groups is 1. The van der Waals surface area contributed by atoms with Crippen LogP contribution in [0.2, 0.25) is 0 Å². The van der Waals surface area contributed by atoms with E-state index in [2.05, 4.69) is 35.4 Å². The van der Waals surface area contributed by atoms with E-state index >= 15 is 0 Å². The average molecular weight is 514 g/mol. The van der Waals surface area contributed by atoms with Gasteiger partial charge in [-0.05, 0) is 36.1 Å². The lowest BCUT2D eigenvalue weighted by molar-refractivity contribution is -0.148. The molecule has 0 aliphatic carbocycles. The fourth-order valence-corrected chi connectivity index (χ4v) is 6.11. The fourth-order valence-electron chi connectivity index (χ4n) is 6.11. The SMILES string of the molecule is Cn1ncc2cc(-c3ccc(C4=NC5(CCOC5)C(=O)N4CC4CN(C(=O)C5CCCO5)C4)cc3)ccc21. The Kier molecular flexibility index (Phi) is 5.59. The van der Waals surface area contributed by atoms with Crippen molar-refractivity contribution in [2.75, 3.05) is 39.5 Å². The van der Waals surface area contributed by atoms with Crippen LogP contribution in [0.5, 0.6) is 0 Å². The van der Waals surface area contributed by atoms with Gasteiger partial charge in [-0.25, -0.2) is 4.99 Å². The number of carbonyl (C=O) groups is 2. The zero-order valence-corrected chi connectivity index (χ0v) is 21.5. The van der Waals surface area contributed by atoms with Crippen LogP contribution in [0.4, 0.5) is 0 Å². The second-order valence-corrected chi connectivity index (χ2v) is 10.9. The third-order valence-corrected chi connectivity index (χ3v) is 8.36. The van der Waals surface area contributed by atoms with Crippen LogP contribution >= 0.6 is 0 Å². The number of amides is 2. The van der Waals surface area contributed by atoms with Gasteiger partial charge in [0, 0.05) is 63.2 Å². The first-order valence-corrected chi connectivity index (χ1v) is 13.4. The van der Waals surface area contributed by atoms with Crippen LogP contribution in [0.25, 0.3) is 22.0 Å². The number of ether oxygens (including phenoxy) is 2. The molecule has 2 unspecified atom stereocenters. The quantitative estimate of drug-likeness (QED) is 0.523. The number of carbonyl (C=O) groups excluding carboxylic acids is 2. The van der Waals surface area contributed by atoms with Crippen LogP contribution in [0.3, 0.4) is 0 Å². The molecule has 1 spiro atoms. The molecule has 2 atom stereocenters. The minimum Gasteiger partial charge on any atom is -0.378 e. The minimum atomic E-state index is -0.823. The van der Waals surface area contributed by atoms with E-state index in [-0.39, 0.29) is 23.8 Å². The maximum Gasteiger partial charge on any atom is 0.258 e. The van der Waals surface area contributed by atoms with E-state index < -0.39 is 5.54 Å². The normalized spacial score (nSPS) is 25.6. The summed E-state index contributed by atoms with van der Waals surface area (Å²) in [4.78, 5) is 35.0. The number of nitrogens with zero attached hydrogens (tertiary/aromatic N) is 5. The summed E-state index contributed by atoms with van der Waals surface area (Å²) in [6.45, 7) is 3.37. The number of rotatable bonds is 5. The Hall–Kier alpha value is -3.56. The maximum absolute atomic E-state index is 13.7. The van der Waals surface area contributed by atoms with Crippen molar-refractivity contribution in [3.8, 4) is 11.1 Å². The topological polar surface area (TPSA) is 89.3 Å². The number of benzene rings is 2. The van der Waals surface area contributed by atoms with Crippen LogP contribution in [-0.2, 0) is 26.1 Å². The fraction of sp³-hybridized carbons (Fsp3) is 0.448. The summed E-state index contributed by atoms with van der Waals surface area (Å²) >= 11 is 0. The van der Waals surface area contributed by atoms with E-state index in [0.717, 1.165) is 40.4 Å². The largest absolute Gasteiger partial charge is 0.378 e. The lowest BCUT2D eigenvalue weighted by Gasteiger charge is -2.42. The van der Waals surface area contributed by atoms with E-state index in [1.165, 1.54) is 0 Å². The molecule has 0 saturated carbocycles. The molecule has 3 saturated heterocycles. The number of fused-ring (bicyclic) bond motifs is 1. The molecule has 0 bridgehead atoms. The van der Waals surface area contributed by atoms with Crippen molar-refractivity contribution in [1.29, 1.82) is 0 Å². The van der Waals surface area contributed by atoms with Gasteiger partial charge in [0.2, 0.25) is 0 Å². The average Bonchev–Trinajstić information content (AvgIpc) is 3.72. The summed E-state index contributed by atoms with van der Waals surface area (Å²) in [6.07, 6.45) is 3.93. The minimum absolute atomic E-state index is 0.0139. The van der Waals surface area contributed by atoms with Gasteiger partial charge in [-0.2, -0.15) is 5.10 Å². The molecular formula is C29H31N5O4. The van der Waals surface area contributed by atoms with Crippen molar-refractivity contribution in [2.24, 2.45) is 18.0 Å². The first-order valence-electron chi connectivity index (χ1n) is 13.4. The van der Waals surface area contributed by atoms with Crippen LogP contribution < -0.4 is 0 Å². The Morgan fingerprint density at radius 3 is 2.61 bits per heavy atom. The predicted molar refractivity (Wildman–Crippen MR) is 142 cm³/mol. The Morgan fingerprint density at radius 2 is 1.87 bits per heavy atom. The molecule has 1 aromatic heterocycles. The van der Waals surface area contributed by atoms with Gasteiger partial charge < -0.3 is 14.4 Å². The summed E-state index contributed by atoms with van der Waals surface area (Å²) in [5.74, 6) is 1.03. The highest BCUT2D eigenvalue weighted by molar-refractivity contribution is 6.15. The summed E-state index contributed by atoms with van der Waals surface area (Å²) in [5, 5.41) is 5.44. The van der Waals surface area contributed by atoms with Crippen molar-refractivity contribution < 1.29 is 19.1 Å². The second-order valence-electron chi connectivity index (χ2n) is 10.9. The molecule has 4 aliphatic heterocycles. The van der Waals surface area contributed by atoms with Crippen LogP contribution in [-0.4, -0.2) is 88.3 Å². The highest BCUT2D eigenvalue weighted by atomic mass is 16.5. The molecule has 38 heavy (non-hydrogen) atoms. The van der Waals surface area contributed by atoms with Gasteiger partial charge in [0.15, 0.2) is 5.54 Å². The zero-order valence-electron chi connectivity index (χ0n) is 21.5. The molecule has 5 heterocycles. The van der Waals surface area contributed by atoms with Crippen molar-refractivity contribution in [2.45, 2.75) is 30.9 Å². The lowest BCUT2D eigenvalue weighted by Crippen LogP contribution is -2.57. The van der Waals surface area contributed by atoms with Gasteiger partial charge in [-0.1, -0.05) is 30.3 Å². The number of aryl methyl sites for hydroxylation is 1. The molecule has 9 heteroatoms. The molecule has 3 aromatic rings. The van der Waals surface area contributed by atoms with Crippen molar-refractivity contribution in [1.82, 2.24) is 19.6 Å². The first-order chi connectivity index (χ1) is 18.5. The molecule has 2 amide bonds. The van der Waals surface area contributed by atoms with Crippen molar-refractivity contribution in [3.63, 3.8) is 0 Å². The Labute approximate surface area is 221 Å². The highest BCUT2D eigenvalue weighted by Crippen LogP contribution is 2.35. The standard InChI is InChI=1S/C29H31N5O4/c1-32-24-9-8-22(13-23(24)14-30-32)20-4-6-21(7-5-20)26-31-29(10-12-37-18-29)28(36)34(26)17-19-15-33(16-19)27(35)25-3-2-11-38-25/h4-9,13-14,19,25H,2-3,10-12,15-18H2,1H3. The summed E-state index contributed by atoms with van der Waals surface area (Å²) < 4.78 is 13.1. The summed E-state index contributed by atoms with van der Waals surface area (Å²) in [5.41, 5.74) is 3.40. The van der Waals surface area contributed by atoms with E-state index in [1.54, 1.807) is 0 Å². The van der Waals surface area contributed by atoms with E-state index in [4.69, 9.17) is 14.5 Å². The van der Waals surface area contributed by atoms with Gasteiger partial charge >= 0.3 is 0 Å². The van der Waals surface area contributed by atoms with Crippen LogP contribution in [0, 0.1) is 5.92 Å². The first kappa shape index (κ1) is 23.5. The van der Waals surface area contributed by atoms with Crippen molar-refractivity contribution in [3.05, 3.63) is 54.2 Å². The molecular weight excluding hydrogens is 482 g/mol. The maximum atomic E-state index is 13.7. The smallest absolute Gasteiger partial charge is 0.258 e. The Balaban J connectivity index is 1.11. The van der Waals surface area contributed by atoms with Gasteiger partial charge in [-0.15, -0.1) is 0 Å². The molecule has 7 rings (SSSR count). The monoisotopic (exact) mass is 513 g/mol. The zero-order chi connectivity index (χ0) is 25.9. The van der Waals surface area contributed by atoms with Gasteiger partial charge in [0.25, 0.3) is 11.8 Å². The number of aromatic nitrogens is 2. The number of hydrogen-bond donors (Lipinski definition) is 0. The molecule has 0 N–H and O–H groups in total. The van der Waals surface area contributed by atoms with Crippen LogP contribution in [0.1, 0.15) is 24.8 Å². The summed E-state index contributed by atoms with van der Waals surface area (Å²) in [7, 11) is 1.94. The molecule has 0 radical (unpaired) electrons. The Morgan fingerprint density at radius 1 is 1.08 bits per heavy atom. The lowest BCUT2D eigenvalue weighted by atomic mass is 9.95. The highest BCUT2D eigenvalue weighted by Gasteiger charge is 2.52. The third kappa shape index (κ3) is 3.84. The van der Waals surface area contributed by atoms with Gasteiger partial charge in [-0.3, -0.25) is 19.2 Å². The van der Waals surface area contributed by atoms with Gasteiger partial charge in [0.05, 0.1) is 18.3 Å². The van der Waals surface area contributed by atoms with Crippen LogP contribution in [0.15, 0.2) is 53.7 Å². The van der Waals surface area contributed by atoms with E-state index in [1.807, 2.05) is 39.9 Å². The summed E-state index contributed by atoms with van der Waals surface area (Å²) in [6, 6.07) is 14.6. The van der Waals surface area contributed by atoms with E-state index in [0.29, 0.717) is 51.7 Å². The third-order valence-electron chi connectivity index (χ3n) is 8.36. The molecule has 3 fully saturated rings. The van der Waals surface area contributed by atoms with E-state index in [9.17, 15) is 9.59 Å². The molecule has 4 aliphatic rings. The molecule has 196 valence electrons. The molecule has 2 aromatic carbocycles. The van der Waals surface area contributed by atoms with Gasteiger partial charge in [0.1, 0.15) is 11.9 Å². The Bertz CT molecular complexity index is 1430. The molecule has 9 nitrogen and oxygen atoms in total. The number of hydrogen-bond acceptors (Lipinski definition) is 6. The second kappa shape index (κ2) is 9.03. The number of aliphatic imine (C=N–C) groups is 1. The predicted octanol–water partition coefficient (Wildman–Crippen LogP) is 2.63. The van der Waals surface area contributed by atoms with Crippen molar-refractivity contribution >= 4 is 28.6 Å². The number of likely N-dealkylation sites (tertiary alicyclic amines) is 1.